The minimum atomic E-state index is 0.0324. The predicted molar refractivity (Wildman–Crippen MR) is 64.7 cm³/mol. The summed E-state index contributed by atoms with van der Waals surface area (Å²) in [5.74, 6) is 0. The SMILES string of the molecule is CC1=[C]([Ti][C]2=C(C)C=CC2)CC=C1.CCl. The first-order chi connectivity index (χ1) is 7.27. The summed E-state index contributed by atoms with van der Waals surface area (Å²) in [6, 6.07) is 0. The van der Waals surface area contributed by atoms with E-state index in [9.17, 15) is 0 Å². The Bertz CT molecular complexity index is 312. The van der Waals surface area contributed by atoms with E-state index in [2.05, 4.69) is 49.8 Å². The van der Waals surface area contributed by atoms with E-state index in [1.165, 1.54) is 30.4 Å². The number of hydrogen-bond acceptors (Lipinski definition) is 0. The van der Waals surface area contributed by atoms with Crippen molar-refractivity contribution in [1.29, 1.82) is 0 Å². The van der Waals surface area contributed by atoms with Gasteiger partial charge in [-0.05, 0) is 0 Å². The van der Waals surface area contributed by atoms with Crippen LogP contribution in [0.4, 0.5) is 0 Å². The van der Waals surface area contributed by atoms with Crippen molar-refractivity contribution in [2.75, 3.05) is 6.38 Å². The Labute approximate surface area is 107 Å². The molecule has 0 heterocycles. The molecule has 2 aliphatic carbocycles. The fourth-order valence-electron chi connectivity index (χ4n) is 1.71. The van der Waals surface area contributed by atoms with E-state index in [1.807, 2.05) is 0 Å². The molecule has 0 aliphatic heterocycles. The molecule has 0 aromatic heterocycles. The number of rotatable bonds is 2. The molecule has 0 fully saturated rings. The van der Waals surface area contributed by atoms with Crippen LogP contribution < -0.4 is 0 Å². The minimum absolute atomic E-state index is 0.0324. The van der Waals surface area contributed by atoms with Crippen molar-refractivity contribution in [1.82, 2.24) is 0 Å². The van der Waals surface area contributed by atoms with Crippen molar-refractivity contribution >= 4 is 11.6 Å². The average molecular weight is 257 g/mol. The van der Waals surface area contributed by atoms with E-state index in [-0.39, 0.29) is 19.2 Å². The summed E-state index contributed by atoms with van der Waals surface area (Å²) in [6.45, 7) is 4.50. The van der Waals surface area contributed by atoms with Gasteiger partial charge in [0, 0.05) is 6.38 Å². The van der Waals surface area contributed by atoms with Crippen LogP contribution in [0.5, 0.6) is 0 Å². The van der Waals surface area contributed by atoms with Gasteiger partial charge in [-0.2, -0.15) is 0 Å². The van der Waals surface area contributed by atoms with Gasteiger partial charge in [0.05, 0.1) is 0 Å². The second-order valence-electron chi connectivity index (χ2n) is 3.66. The molecule has 0 aromatic rings. The predicted octanol–water partition coefficient (Wildman–Crippen LogP) is 4.39. The summed E-state index contributed by atoms with van der Waals surface area (Å²) in [5, 5.41) is 0. The van der Waals surface area contributed by atoms with Crippen molar-refractivity contribution in [2.45, 2.75) is 26.7 Å². The maximum Gasteiger partial charge on any atom is 0.0108 e. The molecular formula is C13H17ClTi. The van der Waals surface area contributed by atoms with Crippen LogP contribution in [-0.4, -0.2) is 6.38 Å². The van der Waals surface area contributed by atoms with Crippen LogP contribution in [-0.2, 0) is 19.2 Å². The minimum Gasteiger partial charge on any atom is -0.130 e. The van der Waals surface area contributed by atoms with Crippen LogP contribution in [0.3, 0.4) is 0 Å². The Hall–Kier alpha value is -0.0357. The third-order valence-electron chi connectivity index (χ3n) is 2.63. The standard InChI is InChI=1S/2C6H7.CH3Cl.Ti/c2*1-6-4-2-3-5-6;1-2;/h2*2,4H,3H2,1H3;1H3;. The molecule has 15 heavy (non-hydrogen) atoms. The van der Waals surface area contributed by atoms with Crippen molar-refractivity contribution < 1.29 is 19.2 Å². The maximum absolute atomic E-state index is 4.64. The zero-order valence-electron chi connectivity index (χ0n) is 9.60. The molecular weight excluding hydrogens is 239 g/mol. The van der Waals surface area contributed by atoms with Gasteiger partial charge in [0.2, 0.25) is 0 Å². The normalized spacial score (nSPS) is 18.4. The van der Waals surface area contributed by atoms with Crippen LogP contribution >= 0.6 is 11.6 Å². The molecule has 0 saturated carbocycles. The quantitative estimate of drug-likeness (QED) is 0.508. The first-order valence-corrected chi connectivity index (χ1v) is 7.46. The van der Waals surface area contributed by atoms with E-state index in [0.29, 0.717) is 0 Å². The van der Waals surface area contributed by atoms with Crippen LogP contribution in [0.15, 0.2) is 43.2 Å². The Morgan fingerprint density at radius 1 is 0.933 bits per heavy atom. The molecule has 0 bridgehead atoms. The number of halogens is 1. The van der Waals surface area contributed by atoms with Gasteiger partial charge in [-0.15, -0.1) is 11.6 Å². The van der Waals surface area contributed by atoms with Gasteiger partial charge < -0.3 is 0 Å². The van der Waals surface area contributed by atoms with Crippen molar-refractivity contribution in [3.63, 3.8) is 0 Å². The molecule has 0 saturated heterocycles. The second-order valence-corrected chi connectivity index (χ2v) is 5.94. The Balaban J connectivity index is 0.000000531. The summed E-state index contributed by atoms with van der Waals surface area (Å²) < 4.78 is 3.47. The van der Waals surface area contributed by atoms with Gasteiger partial charge in [-0.1, -0.05) is 0 Å². The van der Waals surface area contributed by atoms with Crippen LogP contribution in [0.2, 0.25) is 0 Å². The summed E-state index contributed by atoms with van der Waals surface area (Å²) in [6.07, 6.45) is 13.1. The number of allylic oxidation sites excluding steroid dienone is 8. The smallest absolute Gasteiger partial charge is 0.0108 e. The molecule has 0 atom stereocenters. The van der Waals surface area contributed by atoms with Crippen molar-refractivity contribution in [3.8, 4) is 0 Å². The third-order valence-corrected chi connectivity index (χ3v) is 5.44. The first kappa shape index (κ1) is 13.0. The topological polar surface area (TPSA) is 0 Å². The maximum atomic E-state index is 4.64. The number of hydrogen-bond donors (Lipinski definition) is 0. The van der Waals surface area contributed by atoms with E-state index in [0.717, 1.165) is 0 Å². The molecule has 0 N–H and O–H groups in total. The van der Waals surface area contributed by atoms with Gasteiger partial charge >= 0.3 is 89.0 Å². The molecule has 0 nitrogen and oxygen atoms in total. The van der Waals surface area contributed by atoms with Crippen molar-refractivity contribution in [3.05, 3.63) is 43.2 Å². The second kappa shape index (κ2) is 6.53. The van der Waals surface area contributed by atoms with Crippen LogP contribution in [0, 0.1) is 0 Å². The van der Waals surface area contributed by atoms with E-state index in [4.69, 9.17) is 0 Å². The van der Waals surface area contributed by atoms with Gasteiger partial charge in [-0.25, -0.2) is 0 Å². The fraction of sp³-hybridized carbons (Fsp3) is 0.385. The molecule has 0 amide bonds. The van der Waals surface area contributed by atoms with E-state index in [1.54, 1.807) is 7.76 Å². The molecule has 2 aliphatic rings. The van der Waals surface area contributed by atoms with Crippen LogP contribution in [0.1, 0.15) is 26.7 Å². The summed E-state index contributed by atoms with van der Waals surface area (Å²) in [5.41, 5.74) is 3.07. The Kier molecular flexibility index (Phi) is 5.67. The third kappa shape index (κ3) is 3.48. The van der Waals surface area contributed by atoms with E-state index < -0.39 is 0 Å². The average Bonchev–Trinajstić information content (AvgIpc) is 2.82. The summed E-state index contributed by atoms with van der Waals surface area (Å²) in [4.78, 5) is 0. The molecule has 0 unspecified atom stereocenters. The molecule has 2 heteroatoms. The van der Waals surface area contributed by atoms with E-state index >= 15 is 0 Å². The Morgan fingerprint density at radius 2 is 1.33 bits per heavy atom. The molecule has 2 rings (SSSR count). The van der Waals surface area contributed by atoms with Gasteiger partial charge in [0.1, 0.15) is 0 Å². The van der Waals surface area contributed by atoms with Gasteiger partial charge in [-0.3, -0.25) is 0 Å². The number of alkyl halides is 1. The van der Waals surface area contributed by atoms with Crippen molar-refractivity contribution in [2.24, 2.45) is 0 Å². The summed E-state index contributed by atoms with van der Waals surface area (Å²) >= 11 is 4.67. The van der Waals surface area contributed by atoms with Crippen LogP contribution in [0.25, 0.3) is 0 Å². The van der Waals surface area contributed by atoms with Gasteiger partial charge in [0.15, 0.2) is 0 Å². The zero-order chi connectivity index (χ0) is 11.3. The molecule has 0 aromatic carbocycles. The molecule has 0 spiro atoms. The Morgan fingerprint density at radius 3 is 1.60 bits per heavy atom. The first-order valence-electron chi connectivity index (χ1n) is 5.15. The monoisotopic (exact) mass is 256 g/mol. The van der Waals surface area contributed by atoms with Gasteiger partial charge in [0.25, 0.3) is 0 Å². The largest absolute Gasteiger partial charge is 0.130 e. The summed E-state index contributed by atoms with van der Waals surface area (Å²) in [7, 11) is 0. The molecule has 0 radical (unpaired) electrons. The fourth-order valence-corrected chi connectivity index (χ4v) is 3.84. The molecule has 80 valence electrons. The zero-order valence-corrected chi connectivity index (χ0v) is 11.9.